The fourth-order valence-electron chi connectivity index (χ4n) is 3.46. The normalized spacial score (nSPS) is 15.9. The molecule has 1 amide bonds. The highest BCUT2D eigenvalue weighted by molar-refractivity contribution is 6.15. The zero-order valence-electron chi connectivity index (χ0n) is 18.3. The van der Waals surface area contributed by atoms with E-state index in [0.29, 0.717) is 48.0 Å². The van der Waals surface area contributed by atoms with Crippen molar-refractivity contribution in [1.29, 1.82) is 0 Å². The predicted molar refractivity (Wildman–Crippen MR) is 119 cm³/mol. The summed E-state index contributed by atoms with van der Waals surface area (Å²) in [6.45, 7) is 6.38. The SMILES string of the molecule is CCCOc1ccc(C(=O)c2ccccc2C(=O)NC2CCCOC2)cc1OCCC. The van der Waals surface area contributed by atoms with Gasteiger partial charge in [-0.2, -0.15) is 0 Å². The minimum Gasteiger partial charge on any atom is -0.490 e. The lowest BCUT2D eigenvalue weighted by Gasteiger charge is -2.23. The lowest BCUT2D eigenvalue weighted by Crippen LogP contribution is -2.41. The second-order valence-electron chi connectivity index (χ2n) is 7.62. The summed E-state index contributed by atoms with van der Waals surface area (Å²) in [5.74, 6) is 0.677. The molecule has 3 rings (SSSR count). The zero-order valence-corrected chi connectivity index (χ0v) is 18.3. The number of ether oxygens (including phenoxy) is 3. The predicted octanol–water partition coefficient (Wildman–Crippen LogP) is 4.40. The van der Waals surface area contributed by atoms with Crippen LogP contribution >= 0.6 is 0 Å². The average molecular weight is 426 g/mol. The molecule has 2 aromatic rings. The molecule has 1 fully saturated rings. The highest BCUT2D eigenvalue weighted by atomic mass is 16.5. The molecule has 1 aliphatic rings. The molecule has 0 saturated carbocycles. The number of benzene rings is 2. The Morgan fingerprint density at radius 2 is 1.71 bits per heavy atom. The number of amides is 1. The van der Waals surface area contributed by atoms with E-state index in [1.54, 1.807) is 42.5 Å². The Morgan fingerprint density at radius 1 is 1.00 bits per heavy atom. The maximum absolute atomic E-state index is 13.3. The van der Waals surface area contributed by atoms with E-state index in [1.807, 2.05) is 13.8 Å². The Balaban J connectivity index is 1.84. The van der Waals surface area contributed by atoms with Gasteiger partial charge in [-0.1, -0.05) is 32.0 Å². The summed E-state index contributed by atoms with van der Waals surface area (Å²) in [7, 11) is 0. The molecule has 1 N–H and O–H groups in total. The molecular weight excluding hydrogens is 394 g/mol. The molecule has 0 bridgehead atoms. The van der Waals surface area contributed by atoms with Crippen molar-refractivity contribution in [3.8, 4) is 11.5 Å². The van der Waals surface area contributed by atoms with Gasteiger partial charge in [0.2, 0.25) is 0 Å². The van der Waals surface area contributed by atoms with E-state index in [2.05, 4.69) is 5.32 Å². The Hall–Kier alpha value is -2.86. The maximum atomic E-state index is 13.3. The zero-order chi connectivity index (χ0) is 22.1. The molecule has 2 aromatic carbocycles. The van der Waals surface area contributed by atoms with Crippen LogP contribution in [0.15, 0.2) is 42.5 Å². The highest BCUT2D eigenvalue weighted by Crippen LogP contribution is 2.30. The van der Waals surface area contributed by atoms with Gasteiger partial charge in [-0.3, -0.25) is 9.59 Å². The van der Waals surface area contributed by atoms with Crippen LogP contribution in [-0.2, 0) is 4.74 Å². The van der Waals surface area contributed by atoms with Gasteiger partial charge in [-0.25, -0.2) is 0 Å². The molecule has 0 aromatic heterocycles. The van der Waals surface area contributed by atoms with Crippen molar-refractivity contribution in [3.63, 3.8) is 0 Å². The Kier molecular flexibility index (Phi) is 8.47. The van der Waals surface area contributed by atoms with Crippen molar-refractivity contribution >= 4 is 11.7 Å². The van der Waals surface area contributed by atoms with E-state index in [0.717, 1.165) is 32.3 Å². The Bertz CT molecular complexity index is 889. The number of carbonyl (C=O) groups excluding carboxylic acids is 2. The second-order valence-corrected chi connectivity index (χ2v) is 7.62. The number of hydrogen-bond acceptors (Lipinski definition) is 5. The third-order valence-corrected chi connectivity index (χ3v) is 5.04. The van der Waals surface area contributed by atoms with Crippen LogP contribution in [0.5, 0.6) is 11.5 Å². The van der Waals surface area contributed by atoms with Gasteiger partial charge in [-0.05, 0) is 49.9 Å². The van der Waals surface area contributed by atoms with Gasteiger partial charge in [0.25, 0.3) is 5.91 Å². The fourth-order valence-corrected chi connectivity index (χ4v) is 3.46. The lowest BCUT2D eigenvalue weighted by atomic mass is 9.97. The van der Waals surface area contributed by atoms with E-state index < -0.39 is 0 Å². The maximum Gasteiger partial charge on any atom is 0.252 e. The van der Waals surface area contributed by atoms with Crippen molar-refractivity contribution in [2.24, 2.45) is 0 Å². The van der Waals surface area contributed by atoms with Crippen LogP contribution < -0.4 is 14.8 Å². The van der Waals surface area contributed by atoms with E-state index >= 15 is 0 Å². The summed E-state index contributed by atoms with van der Waals surface area (Å²) in [5.41, 5.74) is 1.18. The van der Waals surface area contributed by atoms with Crippen molar-refractivity contribution in [3.05, 3.63) is 59.2 Å². The van der Waals surface area contributed by atoms with Gasteiger partial charge in [0.05, 0.1) is 31.4 Å². The van der Waals surface area contributed by atoms with Gasteiger partial charge in [0, 0.05) is 17.7 Å². The summed E-state index contributed by atoms with van der Waals surface area (Å²) < 4.78 is 17.0. The van der Waals surface area contributed by atoms with Crippen LogP contribution in [0.1, 0.15) is 65.8 Å². The average Bonchev–Trinajstić information content (AvgIpc) is 2.81. The fraction of sp³-hybridized carbons (Fsp3) is 0.440. The van der Waals surface area contributed by atoms with Crippen molar-refractivity contribution < 1.29 is 23.8 Å². The summed E-state index contributed by atoms with van der Waals surface area (Å²) in [5, 5.41) is 2.99. The largest absolute Gasteiger partial charge is 0.490 e. The number of hydrogen-bond donors (Lipinski definition) is 1. The van der Waals surface area contributed by atoms with E-state index in [4.69, 9.17) is 14.2 Å². The molecule has 6 nitrogen and oxygen atoms in total. The molecular formula is C25H31NO5. The summed E-state index contributed by atoms with van der Waals surface area (Å²) in [4.78, 5) is 26.2. The van der Waals surface area contributed by atoms with E-state index in [1.165, 1.54) is 0 Å². The first-order chi connectivity index (χ1) is 15.1. The van der Waals surface area contributed by atoms with Crippen molar-refractivity contribution in [2.45, 2.75) is 45.6 Å². The first-order valence-corrected chi connectivity index (χ1v) is 11.1. The second kappa shape index (κ2) is 11.5. The molecule has 1 heterocycles. The first kappa shape index (κ1) is 22.8. The third-order valence-electron chi connectivity index (χ3n) is 5.04. The van der Waals surface area contributed by atoms with Crippen LogP contribution in [0.2, 0.25) is 0 Å². The van der Waals surface area contributed by atoms with Gasteiger partial charge < -0.3 is 19.5 Å². The van der Waals surface area contributed by atoms with Gasteiger partial charge in [0.1, 0.15) is 0 Å². The number of rotatable bonds is 10. The first-order valence-electron chi connectivity index (χ1n) is 11.1. The molecule has 6 heteroatoms. The standard InChI is InChI=1S/C25H31NO5/c1-3-13-30-22-12-11-18(16-23(22)31-14-4-2)24(27)20-9-5-6-10-21(20)25(28)26-19-8-7-15-29-17-19/h5-6,9-12,16,19H,3-4,7-8,13-15,17H2,1-2H3,(H,26,28). The molecule has 0 spiro atoms. The minimum atomic E-state index is -0.259. The van der Waals surface area contributed by atoms with Gasteiger partial charge in [-0.15, -0.1) is 0 Å². The minimum absolute atomic E-state index is 0.0338. The molecule has 1 atom stereocenters. The van der Waals surface area contributed by atoms with Crippen LogP contribution in [-0.4, -0.2) is 44.2 Å². The number of carbonyl (C=O) groups is 2. The number of ketones is 1. The van der Waals surface area contributed by atoms with Crippen LogP contribution in [0, 0.1) is 0 Å². The van der Waals surface area contributed by atoms with E-state index in [9.17, 15) is 9.59 Å². The summed E-state index contributed by atoms with van der Waals surface area (Å²) >= 11 is 0. The molecule has 1 aliphatic heterocycles. The van der Waals surface area contributed by atoms with Crippen LogP contribution in [0.3, 0.4) is 0 Å². The lowest BCUT2D eigenvalue weighted by molar-refractivity contribution is 0.0623. The molecule has 31 heavy (non-hydrogen) atoms. The Labute approximate surface area is 183 Å². The Morgan fingerprint density at radius 3 is 2.39 bits per heavy atom. The van der Waals surface area contributed by atoms with Crippen molar-refractivity contribution in [1.82, 2.24) is 5.32 Å². The molecule has 1 saturated heterocycles. The van der Waals surface area contributed by atoms with Gasteiger partial charge >= 0.3 is 0 Å². The van der Waals surface area contributed by atoms with Gasteiger partial charge in [0.15, 0.2) is 17.3 Å². The smallest absolute Gasteiger partial charge is 0.252 e. The molecule has 166 valence electrons. The molecule has 0 aliphatic carbocycles. The topological polar surface area (TPSA) is 73.9 Å². The monoisotopic (exact) mass is 425 g/mol. The molecule has 1 unspecified atom stereocenters. The highest BCUT2D eigenvalue weighted by Gasteiger charge is 2.22. The summed E-state index contributed by atoms with van der Waals surface area (Å²) in [6, 6.07) is 12.0. The quantitative estimate of drug-likeness (QED) is 0.571. The van der Waals surface area contributed by atoms with Crippen molar-refractivity contribution in [2.75, 3.05) is 26.4 Å². The molecule has 0 radical (unpaired) electrons. The third kappa shape index (κ3) is 6.07. The van der Waals surface area contributed by atoms with Crippen LogP contribution in [0.4, 0.5) is 0 Å². The van der Waals surface area contributed by atoms with E-state index in [-0.39, 0.29) is 17.7 Å². The number of nitrogens with one attached hydrogen (secondary N) is 1. The van der Waals surface area contributed by atoms with Crippen LogP contribution in [0.25, 0.3) is 0 Å². The summed E-state index contributed by atoms with van der Waals surface area (Å²) in [6.07, 6.45) is 3.51.